The van der Waals surface area contributed by atoms with Crippen molar-refractivity contribution >= 4 is 29.2 Å². The number of hydrogen-bond acceptors (Lipinski definition) is 2. The van der Waals surface area contributed by atoms with Crippen LogP contribution < -0.4 is 5.32 Å². The van der Waals surface area contributed by atoms with Crippen molar-refractivity contribution in [2.75, 3.05) is 5.32 Å². The van der Waals surface area contributed by atoms with Crippen LogP contribution in [0.2, 0.25) is 5.02 Å². The number of anilines is 1. The van der Waals surface area contributed by atoms with E-state index in [-0.39, 0.29) is 11.5 Å². The number of halogens is 1. The fourth-order valence-corrected chi connectivity index (χ4v) is 3.01. The molecule has 1 saturated carbocycles. The Hall–Kier alpha value is -1.55. The molecule has 0 aromatic heterocycles. The zero-order valence-electron chi connectivity index (χ0n) is 11.9. The maximum Gasteiger partial charge on any atom is 0.337 e. The Morgan fingerprint density at radius 2 is 1.86 bits per heavy atom. The van der Waals surface area contributed by atoms with Gasteiger partial charge >= 0.3 is 5.97 Å². The highest BCUT2D eigenvalue weighted by Gasteiger charge is 2.18. The minimum atomic E-state index is -1.10. The molecule has 1 aliphatic carbocycles. The highest BCUT2D eigenvalue weighted by molar-refractivity contribution is 6.31. The molecule has 114 valence electrons. The van der Waals surface area contributed by atoms with Gasteiger partial charge < -0.3 is 10.4 Å². The van der Waals surface area contributed by atoms with Gasteiger partial charge in [0.1, 0.15) is 0 Å². The summed E-state index contributed by atoms with van der Waals surface area (Å²) >= 11 is 5.80. The third-order valence-corrected chi connectivity index (χ3v) is 4.17. The number of carbonyl (C=O) groups is 2. The summed E-state index contributed by atoms with van der Waals surface area (Å²) in [6, 6.07) is 4.47. The van der Waals surface area contributed by atoms with Crippen molar-refractivity contribution in [3.05, 3.63) is 28.8 Å². The largest absolute Gasteiger partial charge is 0.478 e. The first-order chi connectivity index (χ1) is 10.1. The number of carboxylic acids is 1. The summed E-state index contributed by atoms with van der Waals surface area (Å²) in [5, 5.41) is 12.2. The van der Waals surface area contributed by atoms with Crippen molar-refractivity contribution in [1.29, 1.82) is 0 Å². The van der Waals surface area contributed by atoms with Gasteiger partial charge in [-0.15, -0.1) is 0 Å². The van der Waals surface area contributed by atoms with E-state index in [0.29, 0.717) is 23.0 Å². The molecule has 0 saturated heterocycles. The van der Waals surface area contributed by atoms with Gasteiger partial charge in [0, 0.05) is 11.4 Å². The van der Waals surface area contributed by atoms with E-state index in [0.717, 1.165) is 12.8 Å². The summed E-state index contributed by atoms with van der Waals surface area (Å²) < 4.78 is 0. The van der Waals surface area contributed by atoms with Gasteiger partial charge in [0.15, 0.2) is 0 Å². The van der Waals surface area contributed by atoms with E-state index in [1.54, 1.807) is 6.07 Å². The van der Waals surface area contributed by atoms with E-state index < -0.39 is 5.97 Å². The third kappa shape index (κ3) is 4.74. The zero-order chi connectivity index (χ0) is 15.2. The zero-order valence-corrected chi connectivity index (χ0v) is 12.7. The van der Waals surface area contributed by atoms with Crippen LogP contribution >= 0.6 is 11.6 Å². The van der Waals surface area contributed by atoms with E-state index in [4.69, 9.17) is 16.7 Å². The Bertz CT molecular complexity index is 522. The van der Waals surface area contributed by atoms with Crippen LogP contribution in [0.1, 0.15) is 55.3 Å². The molecule has 0 atom stereocenters. The molecule has 1 aliphatic rings. The monoisotopic (exact) mass is 309 g/mol. The Balaban J connectivity index is 2.00. The van der Waals surface area contributed by atoms with Gasteiger partial charge in [-0.1, -0.05) is 37.3 Å². The maximum absolute atomic E-state index is 12.1. The molecule has 1 aromatic carbocycles. The number of benzene rings is 1. The van der Waals surface area contributed by atoms with Crippen molar-refractivity contribution in [2.24, 2.45) is 5.92 Å². The van der Waals surface area contributed by atoms with Gasteiger partial charge in [0.05, 0.1) is 11.3 Å². The minimum Gasteiger partial charge on any atom is -0.478 e. The van der Waals surface area contributed by atoms with Crippen LogP contribution in [0.15, 0.2) is 18.2 Å². The lowest BCUT2D eigenvalue weighted by molar-refractivity contribution is -0.117. The van der Waals surface area contributed by atoms with E-state index in [1.165, 1.54) is 37.8 Å². The highest BCUT2D eigenvalue weighted by atomic mass is 35.5. The van der Waals surface area contributed by atoms with Crippen molar-refractivity contribution < 1.29 is 14.7 Å². The number of nitrogens with one attached hydrogen (secondary N) is 1. The van der Waals surface area contributed by atoms with Crippen molar-refractivity contribution in [2.45, 2.75) is 44.9 Å². The fraction of sp³-hybridized carbons (Fsp3) is 0.500. The van der Waals surface area contributed by atoms with Crippen LogP contribution in [0, 0.1) is 5.92 Å². The van der Waals surface area contributed by atoms with E-state index in [2.05, 4.69) is 5.32 Å². The molecule has 0 radical (unpaired) electrons. The Labute approximate surface area is 129 Å². The summed E-state index contributed by atoms with van der Waals surface area (Å²) in [7, 11) is 0. The Morgan fingerprint density at radius 3 is 2.48 bits per heavy atom. The summed E-state index contributed by atoms with van der Waals surface area (Å²) in [4.78, 5) is 23.3. The predicted molar refractivity (Wildman–Crippen MR) is 82.9 cm³/mol. The molecule has 0 unspecified atom stereocenters. The molecule has 2 N–H and O–H groups in total. The number of amides is 1. The van der Waals surface area contributed by atoms with Crippen LogP contribution in [-0.4, -0.2) is 17.0 Å². The summed E-state index contributed by atoms with van der Waals surface area (Å²) in [6.07, 6.45) is 7.48. The molecule has 1 fully saturated rings. The molecular formula is C16H20ClNO3. The van der Waals surface area contributed by atoms with Crippen LogP contribution in [-0.2, 0) is 4.79 Å². The highest BCUT2D eigenvalue weighted by Crippen LogP contribution is 2.26. The van der Waals surface area contributed by atoms with Crippen LogP contribution in [0.3, 0.4) is 0 Å². The lowest BCUT2D eigenvalue weighted by Crippen LogP contribution is -2.18. The van der Waals surface area contributed by atoms with Gasteiger partial charge in [-0.3, -0.25) is 4.79 Å². The molecule has 0 bridgehead atoms. The van der Waals surface area contributed by atoms with Crippen LogP contribution in [0.25, 0.3) is 0 Å². The second kappa shape index (κ2) is 7.46. The first-order valence-corrected chi connectivity index (χ1v) is 7.77. The molecule has 1 aromatic rings. The second-order valence-electron chi connectivity index (χ2n) is 5.60. The number of rotatable bonds is 4. The normalized spacial score (nSPS) is 16.2. The van der Waals surface area contributed by atoms with Crippen molar-refractivity contribution in [3.63, 3.8) is 0 Å². The molecular weight excluding hydrogens is 290 g/mol. The first-order valence-electron chi connectivity index (χ1n) is 7.39. The van der Waals surface area contributed by atoms with Crippen LogP contribution in [0.5, 0.6) is 0 Å². The first kappa shape index (κ1) is 15.8. The number of hydrogen-bond donors (Lipinski definition) is 2. The molecule has 2 rings (SSSR count). The molecule has 4 nitrogen and oxygen atoms in total. The standard InChI is InChI=1S/C16H20ClNO3/c17-12-7-8-14(13(10-12)16(20)21)18-15(19)9-11-5-3-1-2-4-6-11/h7-8,10-11H,1-6,9H2,(H,18,19)(H,20,21). The van der Waals surface area contributed by atoms with Gasteiger partial charge in [-0.2, -0.15) is 0 Å². The van der Waals surface area contributed by atoms with Crippen LogP contribution in [0.4, 0.5) is 5.69 Å². The third-order valence-electron chi connectivity index (χ3n) is 3.93. The number of carbonyl (C=O) groups excluding carboxylic acids is 1. The fourth-order valence-electron chi connectivity index (χ4n) is 2.83. The Morgan fingerprint density at radius 1 is 1.19 bits per heavy atom. The molecule has 0 aliphatic heterocycles. The molecule has 0 heterocycles. The minimum absolute atomic E-state index is 0.0247. The number of aromatic carboxylic acids is 1. The summed E-state index contributed by atoms with van der Waals surface area (Å²) in [5.74, 6) is -0.804. The molecule has 1 amide bonds. The lowest BCUT2D eigenvalue weighted by atomic mass is 9.96. The predicted octanol–water partition coefficient (Wildman–Crippen LogP) is 4.34. The summed E-state index contributed by atoms with van der Waals surface area (Å²) in [6.45, 7) is 0. The summed E-state index contributed by atoms with van der Waals surface area (Å²) in [5.41, 5.74) is 0.335. The number of carboxylic acid groups (broad SMARTS) is 1. The van der Waals surface area contributed by atoms with E-state index >= 15 is 0 Å². The second-order valence-corrected chi connectivity index (χ2v) is 6.04. The van der Waals surface area contributed by atoms with Crippen molar-refractivity contribution in [3.8, 4) is 0 Å². The SMILES string of the molecule is O=C(CC1CCCCCC1)Nc1ccc(Cl)cc1C(=O)O. The van der Waals surface area contributed by atoms with E-state index in [1.807, 2.05) is 0 Å². The van der Waals surface area contributed by atoms with Gasteiger partial charge in [-0.05, 0) is 37.0 Å². The Kier molecular flexibility index (Phi) is 5.62. The smallest absolute Gasteiger partial charge is 0.337 e. The molecule has 21 heavy (non-hydrogen) atoms. The maximum atomic E-state index is 12.1. The van der Waals surface area contributed by atoms with Crippen molar-refractivity contribution in [1.82, 2.24) is 0 Å². The molecule has 0 spiro atoms. The van der Waals surface area contributed by atoms with E-state index in [9.17, 15) is 9.59 Å². The van der Waals surface area contributed by atoms with Gasteiger partial charge in [0.25, 0.3) is 0 Å². The van der Waals surface area contributed by atoms with Gasteiger partial charge in [-0.25, -0.2) is 4.79 Å². The average molecular weight is 310 g/mol. The molecule has 5 heteroatoms. The quantitative estimate of drug-likeness (QED) is 0.813. The van der Waals surface area contributed by atoms with Gasteiger partial charge in [0.2, 0.25) is 5.91 Å². The average Bonchev–Trinajstić information content (AvgIpc) is 2.69. The topological polar surface area (TPSA) is 66.4 Å². The lowest BCUT2D eigenvalue weighted by Gasteiger charge is -2.14.